The average molecular weight is 333 g/mol. The van der Waals surface area contributed by atoms with Crippen LogP contribution in [-0.2, 0) is 0 Å². The SMILES string of the molecule is CC(CO)[C@H]1CC[C@H]2C3=CCC4C[C@H](O)CC[C@]4(C)[C@H]3CC[C@]12C. The molecule has 136 valence electrons. The first-order chi connectivity index (χ1) is 11.4. The van der Waals surface area contributed by atoms with Crippen molar-refractivity contribution >= 4 is 0 Å². The Morgan fingerprint density at radius 3 is 2.54 bits per heavy atom. The van der Waals surface area contributed by atoms with Gasteiger partial charge in [0.1, 0.15) is 0 Å². The van der Waals surface area contributed by atoms with Gasteiger partial charge in [0.05, 0.1) is 6.10 Å². The molecule has 4 aliphatic rings. The number of hydrogen-bond acceptors (Lipinski definition) is 2. The molecular weight excluding hydrogens is 296 g/mol. The summed E-state index contributed by atoms with van der Waals surface area (Å²) in [6.07, 6.45) is 12.2. The Bertz CT molecular complexity index is 526. The summed E-state index contributed by atoms with van der Waals surface area (Å²) in [7, 11) is 0. The first kappa shape index (κ1) is 17.1. The van der Waals surface area contributed by atoms with E-state index < -0.39 is 0 Å². The van der Waals surface area contributed by atoms with Crippen molar-refractivity contribution in [2.45, 2.75) is 78.2 Å². The van der Waals surface area contributed by atoms with Crippen LogP contribution < -0.4 is 0 Å². The van der Waals surface area contributed by atoms with Crippen LogP contribution in [0.25, 0.3) is 0 Å². The van der Waals surface area contributed by atoms with Crippen molar-refractivity contribution in [3.8, 4) is 0 Å². The Balaban J connectivity index is 1.64. The van der Waals surface area contributed by atoms with Gasteiger partial charge in [0.25, 0.3) is 0 Å². The quantitative estimate of drug-likeness (QED) is 0.728. The summed E-state index contributed by atoms with van der Waals surface area (Å²) < 4.78 is 0. The highest BCUT2D eigenvalue weighted by Crippen LogP contribution is 2.66. The summed E-state index contributed by atoms with van der Waals surface area (Å²) in [5.74, 6) is 3.32. The van der Waals surface area contributed by atoms with Crippen LogP contribution in [0.4, 0.5) is 0 Å². The van der Waals surface area contributed by atoms with Gasteiger partial charge in [0.15, 0.2) is 0 Å². The predicted octanol–water partition coefficient (Wildman–Crippen LogP) is 4.55. The van der Waals surface area contributed by atoms with E-state index in [1.165, 1.54) is 38.5 Å². The van der Waals surface area contributed by atoms with Gasteiger partial charge in [0.2, 0.25) is 0 Å². The highest BCUT2D eigenvalue weighted by molar-refractivity contribution is 5.27. The maximum absolute atomic E-state index is 10.1. The lowest BCUT2D eigenvalue weighted by atomic mass is 9.47. The van der Waals surface area contributed by atoms with Gasteiger partial charge in [-0.25, -0.2) is 0 Å². The third kappa shape index (κ3) is 2.28. The van der Waals surface area contributed by atoms with Crippen LogP contribution in [-0.4, -0.2) is 22.9 Å². The van der Waals surface area contributed by atoms with Crippen molar-refractivity contribution < 1.29 is 10.2 Å². The van der Waals surface area contributed by atoms with Crippen LogP contribution in [0.2, 0.25) is 0 Å². The summed E-state index contributed by atoms with van der Waals surface area (Å²) in [5.41, 5.74) is 2.61. The van der Waals surface area contributed by atoms with Crippen molar-refractivity contribution in [1.82, 2.24) is 0 Å². The number of aliphatic hydroxyl groups excluding tert-OH is 2. The fraction of sp³-hybridized carbons (Fsp3) is 0.909. The van der Waals surface area contributed by atoms with Crippen molar-refractivity contribution in [1.29, 1.82) is 0 Å². The molecule has 8 atom stereocenters. The molecule has 0 bridgehead atoms. The minimum Gasteiger partial charge on any atom is -0.396 e. The highest BCUT2D eigenvalue weighted by atomic mass is 16.3. The Morgan fingerprint density at radius 1 is 1.08 bits per heavy atom. The number of rotatable bonds is 2. The molecule has 3 saturated carbocycles. The molecule has 0 aromatic carbocycles. The van der Waals surface area contributed by atoms with Crippen molar-refractivity contribution in [2.75, 3.05) is 6.61 Å². The van der Waals surface area contributed by atoms with Crippen LogP contribution in [0.3, 0.4) is 0 Å². The number of allylic oxidation sites excluding steroid dienone is 2. The molecule has 0 heterocycles. The standard InChI is InChI=1S/C22H36O2/c1-14(13-23)18-6-7-19-17-5-4-15-12-16(24)8-10-21(15,2)20(17)9-11-22(18,19)3/h5,14-16,18-20,23-24H,4,6-13H2,1-3H3/t14?,15?,16-,18-,19+,20+,21+,22-/m1/s1. The lowest BCUT2D eigenvalue weighted by Crippen LogP contribution is -2.50. The van der Waals surface area contributed by atoms with Gasteiger partial charge < -0.3 is 10.2 Å². The van der Waals surface area contributed by atoms with Gasteiger partial charge in [-0.2, -0.15) is 0 Å². The molecule has 0 saturated heterocycles. The van der Waals surface area contributed by atoms with E-state index in [1.54, 1.807) is 5.57 Å². The second-order valence-electron chi connectivity index (χ2n) is 10.1. The van der Waals surface area contributed by atoms with Gasteiger partial charge in [-0.3, -0.25) is 0 Å². The fourth-order valence-corrected chi connectivity index (χ4v) is 7.59. The zero-order valence-corrected chi connectivity index (χ0v) is 15.8. The summed E-state index contributed by atoms with van der Waals surface area (Å²) >= 11 is 0. The molecule has 4 aliphatic carbocycles. The van der Waals surface area contributed by atoms with Crippen LogP contribution >= 0.6 is 0 Å². The average Bonchev–Trinajstić information content (AvgIpc) is 2.92. The van der Waals surface area contributed by atoms with Crippen molar-refractivity contribution in [2.24, 2.45) is 40.4 Å². The molecule has 4 rings (SSSR count). The van der Waals surface area contributed by atoms with E-state index in [0.717, 1.165) is 24.7 Å². The molecular formula is C22H36O2. The second kappa shape index (κ2) is 5.84. The van der Waals surface area contributed by atoms with E-state index in [2.05, 4.69) is 26.8 Å². The second-order valence-corrected chi connectivity index (χ2v) is 10.1. The van der Waals surface area contributed by atoms with E-state index in [9.17, 15) is 10.2 Å². The van der Waals surface area contributed by atoms with Gasteiger partial charge in [0, 0.05) is 6.61 Å². The van der Waals surface area contributed by atoms with Crippen LogP contribution in [0.1, 0.15) is 72.1 Å². The molecule has 2 nitrogen and oxygen atoms in total. The molecule has 0 aliphatic heterocycles. The third-order valence-corrected chi connectivity index (χ3v) is 9.10. The molecule has 2 N–H and O–H groups in total. The first-order valence-electron chi connectivity index (χ1n) is 10.4. The van der Waals surface area contributed by atoms with Gasteiger partial charge in [-0.15, -0.1) is 0 Å². The van der Waals surface area contributed by atoms with E-state index >= 15 is 0 Å². The smallest absolute Gasteiger partial charge is 0.0543 e. The lowest BCUT2D eigenvalue weighted by Gasteiger charge is -2.57. The Morgan fingerprint density at radius 2 is 1.79 bits per heavy atom. The van der Waals surface area contributed by atoms with Crippen molar-refractivity contribution in [3.05, 3.63) is 11.6 Å². The first-order valence-corrected chi connectivity index (χ1v) is 10.4. The highest BCUT2D eigenvalue weighted by Gasteiger charge is 2.58. The topological polar surface area (TPSA) is 40.5 Å². The molecule has 0 amide bonds. The maximum atomic E-state index is 10.1. The molecule has 24 heavy (non-hydrogen) atoms. The zero-order chi connectivity index (χ0) is 17.1. The van der Waals surface area contributed by atoms with E-state index in [4.69, 9.17) is 0 Å². The van der Waals surface area contributed by atoms with E-state index in [0.29, 0.717) is 35.2 Å². The summed E-state index contributed by atoms with van der Waals surface area (Å²) in [5, 5.41) is 19.8. The summed E-state index contributed by atoms with van der Waals surface area (Å²) in [6.45, 7) is 7.65. The lowest BCUT2D eigenvalue weighted by molar-refractivity contribution is -0.0439. The van der Waals surface area contributed by atoms with Crippen LogP contribution in [0.5, 0.6) is 0 Å². The Hall–Kier alpha value is -0.340. The van der Waals surface area contributed by atoms with Gasteiger partial charge in [-0.05, 0) is 91.8 Å². The molecule has 3 fully saturated rings. The minimum atomic E-state index is -0.0619. The van der Waals surface area contributed by atoms with Gasteiger partial charge in [-0.1, -0.05) is 32.4 Å². The summed E-state index contributed by atoms with van der Waals surface area (Å²) in [4.78, 5) is 0. The molecule has 2 heteroatoms. The number of aliphatic hydroxyl groups is 2. The van der Waals surface area contributed by atoms with Crippen LogP contribution in [0.15, 0.2) is 11.6 Å². The molecule has 0 radical (unpaired) electrons. The minimum absolute atomic E-state index is 0.0619. The molecule has 0 spiro atoms. The van der Waals surface area contributed by atoms with Crippen LogP contribution in [0, 0.1) is 40.4 Å². The fourth-order valence-electron chi connectivity index (χ4n) is 7.59. The normalized spacial score (nSPS) is 52.0. The monoisotopic (exact) mass is 332 g/mol. The third-order valence-electron chi connectivity index (χ3n) is 9.10. The Kier molecular flexibility index (Phi) is 4.16. The maximum Gasteiger partial charge on any atom is 0.0543 e. The zero-order valence-electron chi connectivity index (χ0n) is 15.8. The Labute approximate surface area is 147 Å². The van der Waals surface area contributed by atoms with E-state index in [-0.39, 0.29) is 6.10 Å². The van der Waals surface area contributed by atoms with Crippen molar-refractivity contribution in [3.63, 3.8) is 0 Å². The molecule has 2 unspecified atom stereocenters. The number of hydrogen-bond donors (Lipinski definition) is 2. The molecule has 0 aromatic heterocycles. The molecule has 0 aromatic rings. The largest absolute Gasteiger partial charge is 0.396 e. The number of fused-ring (bicyclic) bond motifs is 5. The van der Waals surface area contributed by atoms with E-state index in [1.807, 2.05) is 0 Å². The van der Waals surface area contributed by atoms with Gasteiger partial charge >= 0.3 is 0 Å². The summed E-state index contributed by atoms with van der Waals surface area (Å²) in [6, 6.07) is 0. The predicted molar refractivity (Wildman–Crippen MR) is 97.4 cm³/mol.